The van der Waals surface area contributed by atoms with E-state index in [1.54, 1.807) is 4.98 Å². The van der Waals surface area contributed by atoms with Crippen molar-refractivity contribution in [1.29, 1.82) is 0 Å². The highest BCUT2D eigenvalue weighted by atomic mass is 16.4. The average Bonchev–Trinajstić information content (AvgIpc) is 2.52. The number of carboxylic acids is 1. The molecule has 14 nitrogen and oxygen atoms in total. The summed E-state index contributed by atoms with van der Waals surface area (Å²) in [6.45, 7) is 0. The maximum atomic E-state index is 11.1. The van der Waals surface area contributed by atoms with Crippen molar-refractivity contribution < 1.29 is 9.90 Å². The summed E-state index contributed by atoms with van der Waals surface area (Å²) in [5.74, 6) is -1.45. The third-order valence-corrected chi connectivity index (χ3v) is 2.73. The van der Waals surface area contributed by atoms with Crippen LogP contribution in [0.1, 0.15) is 10.5 Å². The van der Waals surface area contributed by atoms with Crippen LogP contribution in [-0.2, 0) is 0 Å². The molecule has 0 unspecified atom stereocenters. The summed E-state index contributed by atoms with van der Waals surface area (Å²) in [7, 11) is 0. The molecule has 0 spiro atoms. The highest BCUT2D eigenvalue weighted by molar-refractivity contribution is 5.90. The van der Waals surface area contributed by atoms with Crippen molar-refractivity contribution in [3.05, 3.63) is 64.1 Å². The molecular formula is C11H9N7O7. The maximum Gasteiger partial charge on any atom is 0.354 e. The summed E-state index contributed by atoms with van der Waals surface area (Å²) in [5, 5.41) is 8.41. The molecule has 3 rings (SSSR count). The number of aromatic nitrogens is 6. The molecule has 0 aromatic carbocycles. The highest BCUT2D eigenvalue weighted by Crippen LogP contribution is 1.96. The Hall–Kier alpha value is -4.23. The van der Waals surface area contributed by atoms with Crippen molar-refractivity contribution in [3.8, 4) is 0 Å². The number of carbonyl (C=O) groups is 1. The number of anilines is 1. The predicted molar refractivity (Wildman–Crippen MR) is 82.7 cm³/mol. The van der Waals surface area contributed by atoms with E-state index >= 15 is 0 Å². The van der Waals surface area contributed by atoms with Crippen LogP contribution in [0.5, 0.6) is 0 Å². The fourth-order valence-corrected chi connectivity index (χ4v) is 1.66. The molecule has 0 aliphatic heterocycles. The third-order valence-electron chi connectivity index (χ3n) is 2.73. The number of nitrogens with one attached hydrogen (secondary N) is 5. The fourth-order valence-electron chi connectivity index (χ4n) is 1.66. The first-order valence-electron chi connectivity index (χ1n) is 6.26. The Morgan fingerprint density at radius 2 is 1.52 bits per heavy atom. The van der Waals surface area contributed by atoms with Crippen molar-refractivity contribution in [1.82, 2.24) is 29.9 Å². The second-order valence-corrected chi connectivity index (χ2v) is 4.37. The number of nitrogens with two attached hydrogens (primary N) is 1. The van der Waals surface area contributed by atoms with Crippen LogP contribution in [0.2, 0.25) is 0 Å². The third kappa shape index (κ3) is 3.58. The van der Waals surface area contributed by atoms with E-state index in [9.17, 15) is 28.8 Å². The number of H-pyrrole nitrogens is 5. The van der Waals surface area contributed by atoms with Gasteiger partial charge in [-0.1, -0.05) is 0 Å². The molecule has 3 aromatic heterocycles. The molecule has 0 saturated carbocycles. The average molecular weight is 351 g/mol. The van der Waals surface area contributed by atoms with Crippen LogP contribution in [0.4, 0.5) is 5.69 Å². The maximum absolute atomic E-state index is 11.1. The Labute approximate surface area is 133 Å². The SMILES string of the molecule is Nc1c(C(=O)O)[nH]c(=O)[nH]c1=O.O=c1[nH]c(=O)c2nc[nH]c(=O)c2[nH]1. The van der Waals surface area contributed by atoms with Gasteiger partial charge in [0.2, 0.25) is 0 Å². The van der Waals surface area contributed by atoms with E-state index in [0.717, 1.165) is 6.33 Å². The molecule has 130 valence electrons. The first kappa shape index (κ1) is 17.1. The van der Waals surface area contributed by atoms with Gasteiger partial charge in [0, 0.05) is 0 Å². The molecule has 0 saturated heterocycles. The van der Waals surface area contributed by atoms with Gasteiger partial charge in [0.25, 0.3) is 16.7 Å². The van der Waals surface area contributed by atoms with E-state index in [0.29, 0.717) is 0 Å². The molecule has 0 atom stereocenters. The molecule has 0 fully saturated rings. The number of aromatic amines is 5. The first-order chi connectivity index (χ1) is 11.7. The van der Waals surface area contributed by atoms with Crippen LogP contribution in [0.3, 0.4) is 0 Å². The lowest BCUT2D eigenvalue weighted by Crippen LogP contribution is -2.28. The molecule has 0 amide bonds. The van der Waals surface area contributed by atoms with Crippen molar-refractivity contribution in [2.24, 2.45) is 0 Å². The van der Waals surface area contributed by atoms with Gasteiger partial charge in [-0.3, -0.25) is 29.3 Å². The quantitative estimate of drug-likeness (QED) is 0.231. The van der Waals surface area contributed by atoms with Gasteiger partial charge >= 0.3 is 17.3 Å². The Bertz CT molecular complexity index is 1240. The normalized spacial score (nSPS) is 10.1. The van der Waals surface area contributed by atoms with Crippen LogP contribution in [0, 0.1) is 0 Å². The van der Waals surface area contributed by atoms with Gasteiger partial charge < -0.3 is 20.8 Å². The van der Waals surface area contributed by atoms with E-state index in [1.807, 2.05) is 9.97 Å². The second-order valence-electron chi connectivity index (χ2n) is 4.37. The molecular weight excluding hydrogens is 342 g/mol. The lowest BCUT2D eigenvalue weighted by molar-refractivity contribution is 0.0691. The molecule has 25 heavy (non-hydrogen) atoms. The van der Waals surface area contributed by atoms with Crippen molar-refractivity contribution in [3.63, 3.8) is 0 Å². The Balaban J connectivity index is 0.000000181. The van der Waals surface area contributed by atoms with E-state index in [1.165, 1.54) is 0 Å². The number of nitrogens with zero attached hydrogens (tertiary/aromatic N) is 1. The molecule has 8 N–H and O–H groups in total. The van der Waals surface area contributed by atoms with Crippen LogP contribution in [0.25, 0.3) is 11.0 Å². The molecule has 0 radical (unpaired) electrons. The van der Waals surface area contributed by atoms with Gasteiger partial charge in [0.05, 0.1) is 6.33 Å². The monoisotopic (exact) mass is 351 g/mol. The highest BCUT2D eigenvalue weighted by Gasteiger charge is 2.11. The number of hydrogen-bond acceptors (Lipinski definition) is 8. The first-order valence-corrected chi connectivity index (χ1v) is 6.26. The molecule has 14 heteroatoms. The van der Waals surface area contributed by atoms with E-state index in [2.05, 4.69) is 15.0 Å². The van der Waals surface area contributed by atoms with Crippen LogP contribution < -0.4 is 33.8 Å². The largest absolute Gasteiger partial charge is 0.477 e. The Morgan fingerprint density at radius 3 is 2.16 bits per heavy atom. The molecule has 0 aliphatic carbocycles. The van der Waals surface area contributed by atoms with E-state index in [-0.39, 0.29) is 11.0 Å². The van der Waals surface area contributed by atoms with E-state index < -0.39 is 45.4 Å². The summed E-state index contributed by atoms with van der Waals surface area (Å²) in [5.41, 5.74) is 0.00421. The van der Waals surface area contributed by atoms with Gasteiger partial charge in [0.15, 0.2) is 11.2 Å². The van der Waals surface area contributed by atoms with Crippen molar-refractivity contribution in [2.45, 2.75) is 0 Å². The number of carboxylic acid groups (broad SMARTS) is 1. The zero-order valence-electron chi connectivity index (χ0n) is 12.0. The van der Waals surface area contributed by atoms with Crippen LogP contribution >= 0.6 is 0 Å². The molecule has 3 aromatic rings. The minimum atomic E-state index is -1.45. The number of hydrogen-bond donors (Lipinski definition) is 7. The summed E-state index contributed by atoms with van der Waals surface area (Å²) in [6, 6.07) is 0. The van der Waals surface area contributed by atoms with Crippen LogP contribution in [0.15, 0.2) is 30.3 Å². The molecule has 0 bridgehead atoms. The Kier molecular flexibility index (Phi) is 4.44. The minimum absolute atomic E-state index is 0.0802. The summed E-state index contributed by atoms with van der Waals surface area (Å²) in [6.07, 6.45) is 1.10. The van der Waals surface area contributed by atoms with E-state index in [4.69, 9.17) is 10.8 Å². The van der Waals surface area contributed by atoms with Crippen LogP contribution in [-0.4, -0.2) is 41.0 Å². The summed E-state index contributed by atoms with van der Waals surface area (Å²) >= 11 is 0. The smallest absolute Gasteiger partial charge is 0.354 e. The summed E-state index contributed by atoms with van der Waals surface area (Å²) < 4.78 is 0. The minimum Gasteiger partial charge on any atom is -0.477 e. The van der Waals surface area contributed by atoms with Gasteiger partial charge in [0.1, 0.15) is 11.2 Å². The molecule has 0 aliphatic rings. The zero-order valence-corrected chi connectivity index (χ0v) is 12.0. The Morgan fingerprint density at radius 1 is 0.920 bits per heavy atom. The number of fused-ring (bicyclic) bond motifs is 1. The predicted octanol–water partition coefficient (Wildman–Crippen LogP) is -3.36. The van der Waals surface area contributed by atoms with Crippen molar-refractivity contribution in [2.75, 3.05) is 5.73 Å². The van der Waals surface area contributed by atoms with Gasteiger partial charge in [-0.15, -0.1) is 0 Å². The standard InChI is InChI=1S/C6H4N4O3.C5H5N3O4/c11-4-3-2(7-1-8-4)5(12)10-6(13)9-3;6-1-2(4(10)11)7-5(12)8-3(1)9/h1H,(H,7,8,11)(H2,9,10,12,13);6H2,(H,10,11)(H2,7,8,9,12). The van der Waals surface area contributed by atoms with Gasteiger partial charge in [-0.2, -0.15) is 0 Å². The zero-order chi connectivity index (χ0) is 18.7. The second kappa shape index (κ2) is 6.49. The number of aromatic carboxylic acids is 1. The van der Waals surface area contributed by atoms with Crippen molar-refractivity contribution >= 4 is 22.7 Å². The fraction of sp³-hybridized carbons (Fsp3) is 0. The molecule has 3 heterocycles. The lowest BCUT2D eigenvalue weighted by Gasteiger charge is -1.96. The number of nitrogen functional groups attached to an aromatic ring is 1. The topological polar surface area (TPSA) is 241 Å². The van der Waals surface area contributed by atoms with Gasteiger partial charge in [-0.25, -0.2) is 19.4 Å². The lowest BCUT2D eigenvalue weighted by atomic mass is 10.3. The van der Waals surface area contributed by atoms with Gasteiger partial charge in [-0.05, 0) is 0 Å². The number of rotatable bonds is 1. The summed E-state index contributed by atoms with van der Waals surface area (Å²) in [4.78, 5) is 78.1.